The third kappa shape index (κ3) is 5.44. The number of amides is 1. The molecule has 0 aromatic heterocycles. The summed E-state index contributed by atoms with van der Waals surface area (Å²) in [5.41, 5.74) is 2.28. The van der Waals surface area contributed by atoms with E-state index in [0.29, 0.717) is 30.4 Å². The van der Waals surface area contributed by atoms with Crippen molar-refractivity contribution in [2.45, 2.75) is 6.92 Å². The number of nitrogens with one attached hydrogen (secondary N) is 1. The Labute approximate surface area is 133 Å². The van der Waals surface area contributed by atoms with Gasteiger partial charge in [0.15, 0.2) is 0 Å². The lowest BCUT2D eigenvalue weighted by Crippen LogP contribution is -2.31. The number of carboxylic acids is 1. The SMILES string of the molecule is Cc1ccc(C(=O)NCC(=O)O)cc1N(CCCl)CCCl. The Morgan fingerprint density at radius 2 is 1.86 bits per heavy atom. The maximum absolute atomic E-state index is 11.9. The molecule has 7 heteroatoms. The average molecular weight is 333 g/mol. The first-order chi connectivity index (χ1) is 9.99. The van der Waals surface area contributed by atoms with Gasteiger partial charge in [-0.25, -0.2) is 0 Å². The predicted octanol–water partition coefficient (Wildman–Crippen LogP) is 2.09. The van der Waals surface area contributed by atoms with Crippen molar-refractivity contribution in [3.8, 4) is 0 Å². The number of hydrogen-bond donors (Lipinski definition) is 2. The molecule has 1 aromatic carbocycles. The molecule has 0 bridgehead atoms. The molecule has 0 saturated heterocycles. The summed E-state index contributed by atoms with van der Waals surface area (Å²) in [6.07, 6.45) is 0. The van der Waals surface area contributed by atoms with Crippen LogP contribution in [0.3, 0.4) is 0 Å². The number of anilines is 1. The van der Waals surface area contributed by atoms with Gasteiger partial charge in [0, 0.05) is 36.1 Å². The summed E-state index contributed by atoms with van der Waals surface area (Å²) in [5.74, 6) is -0.603. The van der Waals surface area contributed by atoms with E-state index in [4.69, 9.17) is 28.3 Å². The predicted molar refractivity (Wildman–Crippen MR) is 84.8 cm³/mol. The lowest BCUT2D eigenvalue weighted by molar-refractivity contribution is -0.135. The van der Waals surface area contributed by atoms with Gasteiger partial charge in [0.2, 0.25) is 0 Å². The molecule has 1 aromatic rings. The Morgan fingerprint density at radius 1 is 1.24 bits per heavy atom. The first-order valence-electron chi connectivity index (χ1n) is 6.47. The summed E-state index contributed by atoms with van der Waals surface area (Å²) in [5, 5.41) is 10.9. The zero-order valence-corrected chi connectivity index (χ0v) is 13.2. The van der Waals surface area contributed by atoms with Crippen molar-refractivity contribution in [1.29, 1.82) is 0 Å². The molecule has 0 aliphatic heterocycles. The fourth-order valence-electron chi connectivity index (χ4n) is 1.91. The van der Waals surface area contributed by atoms with Crippen molar-refractivity contribution in [2.24, 2.45) is 0 Å². The molecule has 2 N–H and O–H groups in total. The van der Waals surface area contributed by atoms with E-state index in [1.807, 2.05) is 17.9 Å². The van der Waals surface area contributed by atoms with Gasteiger partial charge in [0.05, 0.1) is 0 Å². The van der Waals surface area contributed by atoms with Gasteiger partial charge in [-0.05, 0) is 24.6 Å². The van der Waals surface area contributed by atoms with Crippen LogP contribution in [0.2, 0.25) is 0 Å². The van der Waals surface area contributed by atoms with Gasteiger partial charge in [-0.2, -0.15) is 0 Å². The molecule has 0 unspecified atom stereocenters. The second kappa shape index (κ2) is 8.74. The number of aryl methyl sites for hydroxylation is 1. The van der Waals surface area contributed by atoms with Crippen LogP contribution in [0.15, 0.2) is 18.2 Å². The van der Waals surface area contributed by atoms with E-state index in [-0.39, 0.29) is 0 Å². The summed E-state index contributed by atoms with van der Waals surface area (Å²) in [4.78, 5) is 24.4. The summed E-state index contributed by atoms with van der Waals surface area (Å²) >= 11 is 11.6. The van der Waals surface area contributed by atoms with Crippen LogP contribution in [0.5, 0.6) is 0 Å². The van der Waals surface area contributed by atoms with Crippen molar-refractivity contribution < 1.29 is 14.7 Å². The highest BCUT2D eigenvalue weighted by molar-refractivity contribution is 6.18. The Morgan fingerprint density at radius 3 is 2.38 bits per heavy atom. The van der Waals surface area contributed by atoms with E-state index in [0.717, 1.165) is 11.3 Å². The number of alkyl halides is 2. The number of rotatable bonds is 8. The number of nitrogens with zero attached hydrogens (tertiary/aromatic N) is 1. The lowest BCUT2D eigenvalue weighted by atomic mass is 10.1. The van der Waals surface area contributed by atoms with Gasteiger partial charge in [-0.1, -0.05) is 6.07 Å². The van der Waals surface area contributed by atoms with Gasteiger partial charge in [0.25, 0.3) is 5.91 Å². The Kier molecular flexibility index (Phi) is 7.32. The second-order valence-electron chi connectivity index (χ2n) is 4.44. The third-order valence-corrected chi connectivity index (χ3v) is 3.26. The maximum Gasteiger partial charge on any atom is 0.322 e. The molecule has 5 nitrogen and oxygen atoms in total. The standard InChI is InChI=1S/C14H18Cl2N2O3/c1-10-2-3-11(14(21)17-9-13(19)20)8-12(10)18(6-4-15)7-5-16/h2-3,8H,4-7,9H2,1H3,(H,17,21)(H,19,20). The summed E-state index contributed by atoms with van der Waals surface area (Å²) < 4.78 is 0. The van der Waals surface area contributed by atoms with Crippen LogP contribution in [-0.2, 0) is 4.79 Å². The quantitative estimate of drug-likeness (QED) is 0.715. The maximum atomic E-state index is 11.9. The summed E-state index contributed by atoms with van der Waals surface area (Å²) in [6.45, 7) is 2.77. The van der Waals surface area contributed by atoms with Gasteiger partial charge in [-0.15, -0.1) is 23.2 Å². The van der Waals surface area contributed by atoms with E-state index < -0.39 is 18.4 Å². The molecule has 1 amide bonds. The molecule has 0 spiro atoms. The molecule has 0 aliphatic rings. The molecular formula is C14H18Cl2N2O3. The highest BCUT2D eigenvalue weighted by Gasteiger charge is 2.13. The molecule has 1 rings (SSSR count). The van der Waals surface area contributed by atoms with E-state index in [2.05, 4.69) is 5.32 Å². The number of carbonyl (C=O) groups is 2. The minimum atomic E-state index is -1.08. The van der Waals surface area contributed by atoms with Crippen molar-refractivity contribution >= 4 is 40.8 Å². The average Bonchev–Trinajstić information content (AvgIpc) is 2.45. The van der Waals surface area contributed by atoms with Gasteiger partial charge < -0.3 is 15.3 Å². The van der Waals surface area contributed by atoms with Crippen molar-refractivity contribution in [3.63, 3.8) is 0 Å². The van der Waals surface area contributed by atoms with Crippen LogP contribution in [0.4, 0.5) is 5.69 Å². The van der Waals surface area contributed by atoms with Crippen molar-refractivity contribution in [3.05, 3.63) is 29.3 Å². The molecular weight excluding hydrogens is 315 g/mol. The number of carbonyl (C=O) groups excluding carboxylic acids is 1. The largest absolute Gasteiger partial charge is 0.480 e. The van der Waals surface area contributed by atoms with E-state index >= 15 is 0 Å². The Balaban J connectivity index is 2.97. The van der Waals surface area contributed by atoms with Crippen LogP contribution < -0.4 is 10.2 Å². The lowest BCUT2D eigenvalue weighted by Gasteiger charge is -2.25. The van der Waals surface area contributed by atoms with Crippen LogP contribution in [0.1, 0.15) is 15.9 Å². The molecule has 0 saturated carbocycles. The third-order valence-electron chi connectivity index (χ3n) is 2.92. The van der Waals surface area contributed by atoms with Crippen LogP contribution >= 0.6 is 23.2 Å². The van der Waals surface area contributed by atoms with Crippen LogP contribution in [0, 0.1) is 6.92 Å². The molecule has 0 heterocycles. The highest BCUT2D eigenvalue weighted by Crippen LogP contribution is 2.22. The topological polar surface area (TPSA) is 69.6 Å². The van der Waals surface area contributed by atoms with Crippen molar-refractivity contribution in [2.75, 3.05) is 36.3 Å². The minimum absolute atomic E-state index is 0.408. The minimum Gasteiger partial charge on any atom is -0.480 e. The van der Waals surface area contributed by atoms with Crippen molar-refractivity contribution in [1.82, 2.24) is 5.32 Å². The fraction of sp³-hybridized carbons (Fsp3) is 0.429. The number of carboxylic acid groups (broad SMARTS) is 1. The van der Waals surface area contributed by atoms with Gasteiger partial charge >= 0.3 is 5.97 Å². The second-order valence-corrected chi connectivity index (χ2v) is 5.20. The normalized spacial score (nSPS) is 10.2. The molecule has 0 atom stereocenters. The molecule has 116 valence electrons. The first-order valence-corrected chi connectivity index (χ1v) is 7.54. The number of hydrogen-bond acceptors (Lipinski definition) is 3. The molecule has 0 aliphatic carbocycles. The zero-order chi connectivity index (χ0) is 15.8. The zero-order valence-electron chi connectivity index (χ0n) is 11.7. The summed E-state index contributed by atoms with van der Waals surface area (Å²) in [6, 6.07) is 5.21. The number of halogens is 2. The van der Waals surface area contributed by atoms with E-state index in [9.17, 15) is 9.59 Å². The molecule has 0 fully saturated rings. The Bertz CT molecular complexity index is 503. The molecule has 0 radical (unpaired) electrons. The molecule has 21 heavy (non-hydrogen) atoms. The summed E-state index contributed by atoms with van der Waals surface area (Å²) in [7, 11) is 0. The number of aliphatic carboxylic acids is 1. The smallest absolute Gasteiger partial charge is 0.322 e. The van der Waals surface area contributed by atoms with Gasteiger partial charge in [0.1, 0.15) is 6.54 Å². The monoisotopic (exact) mass is 332 g/mol. The fourth-order valence-corrected chi connectivity index (χ4v) is 2.31. The van der Waals surface area contributed by atoms with Crippen LogP contribution in [0.25, 0.3) is 0 Å². The first kappa shape index (κ1) is 17.6. The highest BCUT2D eigenvalue weighted by atomic mass is 35.5. The Hall–Kier alpha value is -1.46. The van der Waals surface area contributed by atoms with Crippen LogP contribution in [-0.4, -0.2) is 48.4 Å². The van der Waals surface area contributed by atoms with E-state index in [1.54, 1.807) is 12.1 Å². The number of benzene rings is 1. The van der Waals surface area contributed by atoms with Gasteiger partial charge in [-0.3, -0.25) is 9.59 Å². The van der Waals surface area contributed by atoms with E-state index in [1.165, 1.54) is 0 Å².